The summed E-state index contributed by atoms with van der Waals surface area (Å²) in [6.07, 6.45) is 0. The van der Waals surface area contributed by atoms with E-state index in [9.17, 15) is 4.79 Å². The molecule has 0 unspecified atom stereocenters. The molecule has 1 N–H and O–H groups in total. The predicted octanol–water partition coefficient (Wildman–Crippen LogP) is 2.36. The SMILES string of the molecule is CC.Cc1cccc(-c2n[nH]c(=O)o2)c1. The highest BCUT2D eigenvalue weighted by Gasteiger charge is 2.03. The van der Waals surface area contributed by atoms with Crippen LogP contribution in [0.25, 0.3) is 11.5 Å². The highest BCUT2D eigenvalue weighted by Crippen LogP contribution is 2.15. The van der Waals surface area contributed by atoms with Gasteiger partial charge in [0.15, 0.2) is 0 Å². The molecule has 4 heteroatoms. The Kier molecular flexibility index (Phi) is 3.85. The van der Waals surface area contributed by atoms with Gasteiger partial charge in [0.25, 0.3) is 0 Å². The van der Waals surface area contributed by atoms with Crippen molar-refractivity contribution in [2.24, 2.45) is 0 Å². The van der Waals surface area contributed by atoms with Crippen LogP contribution in [0, 0.1) is 6.92 Å². The number of rotatable bonds is 1. The molecule has 1 heterocycles. The quantitative estimate of drug-likeness (QED) is 0.779. The molecule has 80 valence electrons. The lowest BCUT2D eigenvalue weighted by Crippen LogP contribution is -1.93. The number of hydrogen-bond donors (Lipinski definition) is 1. The van der Waals surface area contributed by atoms with Crippen molar-refractivity contribution in [3.63, 3.8) is 0 Å². The third kappa shape index (κ3) is 2.80. The van der Waals surface area contributed by atoms with Crippen molar-refractivity contribution < 1.29 is 4.42 Å². The van der Waals surface area contributed by atoms with Crippen molar-refractivity contribution in [1.29, 1.82) is 0 Å². The van der Waals surface area contributed by atoms with Crippen LogP contribution < -0.4 is 5.76 Å². The van der Waals surface area contributed by atoms with E-state index >= 15 is 0 Å². The lowest BCUT2D eigenvalue weighted by Gasteiger charge is -1.94. The number of H-pyrrole nitrogens is 1. The third-order valence-electron chi connectivity index (χ3n) is 1.70. The second-order valence-electron chi connectivity index (χ2n) is 2.79. The fraction of sp³-hybridized carbons (Fsp3) is 0.273. The molecule has 0 aliphatic carbocycles. The van der Waals surface area contributed by atoms with Gasteiger partial charge in [-0.25, -0.2) is 9.89 Å². The second-order valence-corrected chi connectivity index (χ2v) is 2.79. The highest BCUT2D eigenvalue weighted by molar-refractivity contribution is 5.53. The van der Waals surface area contributed by atoms with Gasteiger partial charge in [0.1, 0.15) is 0 Å². The van der Waals surface area contributed by atoms with Crippen molar-refractivity contribution >= 4 is 0 Å². The Morgan fingerprint density at radius 2 is 2.07 bits per heavy atom. The topological polar surface area (TPSA) is 58.9 Å². The van der Waals surface area contributed by atoms with Crippen LogP contribution in [0.5, 0.6) is 0 Å². The molecule has 2 aromatic rings. The van der Waals surface area contributed by atoms with Gasteiger partial charge in [-0.15, -0.1) is 5.10 Å². The Hall–Kier alpha value is -1.84. The van der Waals surface area contributed by atoms with Crippen LogP contribution in [0.15, 0.2) is 33.5 Å². The lowest BCUT2D eigenvalue weighted by molar-refractivity contribution is 0.527. The number of nitrogens with one attached hydrogen (secondary N) is 1. The van der Waals surface area contributed by atoms with Gasteiger partial charge < -0.3 is 4.42 Å². The Morgan fingerprint density at radius 1 is 1.33 bits per heavy atom. The van der Waals surface area contributed by atoms with Crippen LogP contribution in [0.4, 0.5) is 0 Å². The molecule has 0 radical (unpaired) electrons. The first-order chi connectivity index (χ1) is 7.25. The molecule has 15 heavy (non-hydrogen) atoms. The zero-order valence-corrected chi connectivity index (χ0v) is 9.07. The standard InChI is InChI=1S/C9H8N2O2.C2H6/c1-6-3-2-4-7(5-6)8-10-11-9(12)13-8;1-2/h2-5H,1H3,(H,11,12);1-2H3. The van der Waals surface area contributed by atoms with E-state index in [1.165, 1.54) is 0 Å². The van der Waals surface area contributed by atoms with E-state index in [1.807, 2.05) is 45.0 Å². The van der Waals surface area contributed by atoms with Gasteiger partial charge in [0, 0.05) is 5.56 Å². The van der Waals surface area contributed by atoms with Gasteiger partial charge in [-0.3, -0.25) is 0 Å². The van der Waals surface area contributed by atoms with Crippen LogP contribution in [-0.4, -0.2) is 10.2 Å². The molecule has 0 fully saturated rings. The number of aromatic amines is 1. The van der Waals surface area contributed by atoms with Crippen LogP contribution in [0.2, 0.25) is 0 Å². The van der Waals surface area contributed by atoms with Crippen molar-refractivity contribution in [2.75, 3.05) is 0 Å². The summed E-state index contributed by atoms with van der Waals surface area (Å²) in [5.74, 6) is -0.204. The van der Waals surface area contributed by atoms with Crippen LogP contribution in [0.1, 0.15) is 19.4 Å². The van der Waals surface area contributed by atoms with Gasteiger partial charge in [0.2, 0.25) is 5.89 Å². The number of nitrogens with zero attached hydrogens (tertiary/aromatic N) is 1. The summed E-state index contributed by atoms with van der Waals surface area (Å²) in [7, 11) is 0. The molecule has 0 spiro atoms. The summed E-state index contributed by atoms with van der Waals surface area (Å²) < 4.78 is 4.80. The molecular weight excluding hydrogens is 192 g/mol. The molecule has 0 saturated carbocycles. The molecule has 0 aliphatic heterocycles. The van der Waals surface area contributed by atoms with E-state index in [4.69, 9.17) is 4.42 Å². The Labute approximate surface area is 88.0 Å². The smallest absolute Gasteiger partial charge is 0.388 e. The van der Waals surface area contributed by atoms with Crippen molar-refractivity contribution in [2.45, 2.75) is 20.8 Å². The largest absolute Gasteiger partial charge is 0.434 e. The predicted molar refractivity (Wildman–Crippen MR) is 58.6 cm³/mol. The van der Waals surface area contributed by atoms with Gasteiger partial charge >= 0.3 is 5.76 Å². The maximum absolute atomic E-state index is 10.7. The van der Waals surface area contributed by atoms with Crippen molar-refractivity contribution in [3.8, 4) is 11.5 Å². The fourth-order valence-corrected chi connectivity index (χ4v) is 1.13. The first kappa shape index (κ1) is 11.2. The summed E-state index contributed by atoms with van der Waals surface area (Å²) in [6, 6.07) is 7.60. The zero-order valence-electron chi connectivity index (χ0n) is 9.07. The molecule has 0 saturated heterocycles. The number of benzene rings is 1. The Balaban J connectivity index is 0.000000531. The van der Waals surface area contributed by atoms with Crippen molar-refractivity contribution in [3.05, 3.63) is 40.4 Å². The second kappa shape index (κ2) is 5.14. The normalized spacial score (nSPS) is 9.27. The maximum Gasteiger partial charge on any atom is 0.434 e. The first-order valence-corrected chi connectivity index (χ1v) is 4.88. The highest BCUT2D eigenvalue weighted by atomic mass is 16.4. The Bertz CT molecular complexity index is 471. The van der Waals surface area contributed by atoms with Gasteiger partial charge in [0.05, 0.1) is 0 Å². The number of aryl methyl sites for hydroxylation is 1. The van der Waals surface area contributed by atoms with Crippen LogP contribution in [-0.2, 0) is 0 Å². The lowest BCUT2D eigenvalue weighted by atomic mass is 10.1. The Morgan fingerprint density at radius 3 is 2.60 bits per heavy atom. The minimum Gasteiger partial charge on any atom is -0.388 e. The van der Waals surface area contributed by atoms with Gasteiger partial charge in [-0.2, -0.15) is 0 Å². The summed E-state index contributed by atoms with van der Waals surface area (Å²) in [5.41, 5.74) is 1.90. The van der Waals surface area contributed by atoms with E-state index in [2.05, 4.69) is 10.2 Å². The average molecular weight is 206 g/mol. The van der Waals surface area contributed by atoms with E-state index in [0.29, 0.717) is 5.89 Å². The first-order valence-electron chi connectivity index (χ1n) is 4.88. The van der Waals surface area contributed by atoms with Crippen molar-refractivity contribution in [1.82, 2.24) is 10.2 Å². The molecule has 4 nitrogen and oxygen atoms in total. The van der Waals surface area contributed by atoms with E-state index in [-0.39, 0.29) is 0 Å². The van der Waals surface area contributed by atoms with Crippen LogP contribution in [0.3, 0.4) is 0 Å². The fourth-order valence-electron chi connectivity index (χ4n) is 1.13. The maximum atomic E-state index is 10.7. The number of hydrogen-bond acceptors (Lipinski definition) is 3. The summed E-state index contributed by atoms with van der Waals surface area (Å²) >= 11 is 0. The van der Waals surface area contributed by atoms with Gasteiger partial charge in [-0.1, -0.05) is 31.5 Å². The minimum atomic E-state index is -0.531. The molecule has 0 atom stereocenters. The molecule has 0 aliphatic rings. The number of aromatic nitrogens is 2. The molecule has 0 amide bonds. The van der Waals surface area contributed by atoms with E-state index < -0.39 is 5.76 Å². The molecule has 1 aromatic heterocycles. The molecule has 2 rings (SSSR count). The molecular formula is C11H14N2O2. The minimum absolute atomic E-state index is 0.328. The van der Waals surface area contributed by atoms with E-state index in [1.54, 1.807) is 0 Å². The third-order valence-corrected chi connectivity index (χ3v) is 1.70. The average Bonchev–Trinajstić information content (AvgIpc) is 2.68. The molecule has 1 aromatic carbocycles. The monoisotopic (exact) mass is 206 g/mol. The summed E-state index contributed by atoms with van der Waals surface area (Å²) in [6.45, 7) is 5.97. The van der Waals surface area contributed by atoms with Gasteiger partial charge in [-0.05, 0) is 19.1 Å². The van der Waals surface area contributed by atoms with E-state index in [0.717, 1.165) is 11.1 Å². The zero-order chi connectivity index (χ0) is 11.3. The molecule has 0 bridgehead atoms. The van der Waals surface area contributed by atoms with Crippen LogP contribution >= 0.6 is 0 Å². The summed E-state index contributed by atoms with van der Waals surface area (Å²) in [4.78, 5) is 10.7. The summed E-state index contributed by atoms with van der Waals surface area (Å²) in [5, 5.41) is 5.94.